The monoisotopic (exact) mass is 236 g/mol. The molecule has 0 aromatic heterocycles. The van der Waals surface area contributed by atoms with Gasteiger partial charge in [-0.15, -0.1) is 0 Å². The van der Waals surface area contributed by atoms with Gasteiger partial charge in [0.05, 0.1) is 16.9 Å². The molecule has 0 fully saturated rings. The molecule has 3 heteroatoms. The summed E-state index contributed by atoms with van der Waals surface area (Å²) in [5.74, 6) is 0. The average Bonchev–Trinajstić information content (AvgIpc) is 2.60. The van der Waals surface area contributed by atoms with E-state index in [1.807, 2.05) is 61.5 Å². The molecule has 3 rings (SSSR count). The van der Waals surface area contributed by atoms with Gasteiger partial charge in [0.15, 0.2) is 0 Å². The van der Waals surface area contributed by atoms with E-state index in [1.165, 1.54) is 4.68 Å². The van der Waals surface area contributed by atoms with Crippen LogP contribution in [0, 0.1) is 6.92 Å². The number of hydrogen-bond donors (Lipinski definition) is 0. The Morgan fingerprint density at radius 3 is 2.39 bits per heavy atom. The van der Waals surface area contributed by atoms with Crippen molar-refractivity contribution in [1.82, 2.24) is 9.78 Å². The molecule has 0 saturated carbocycles. The third-order valence-corrected chi connectivity index (χ3v) is 2.98. The molecule has 0 bridgehead atoms. The van der Waals surface area contributed by atoms with Crippen LogP contribution in [0.4, 0.5) is 0 Å². The zero-order valence-electron chi connectivity index (χ0n) is 10.00. The number of hydrogen-bond acceptors (Lipinski definition) is 2. The highest BCUT2D eigenvalue weighted by Crippen LogP contribution is 2.19. The second-order valence-electron chi connectivity index (χ2n) is 4.21. The Morgan fingerprint density at radius 1 is 0.944 bits per heavy atom. The Hall–Kier alpha value is -2.42. The molecule has 18 heavy (non-hydrogen) atoms. The molecule has 1 heterocycles. The molecule has 0 radical (unpaired) electrons. The Morgan fingerprint density at radius 2 is 1.61 bits per heavy atom. The number of aromatic nitrogens is 2. The van der Waals surface area contributed by atoms with E-state index in [-0.39, 0.29) is 5.56 Å². The van der Waals surface area contributed by atoms with Crippen LogP contribution in [0.25, 0.3) is 16.9 Å². The Labute approximate surface area is 105 Å². The molecular formula is C15H12N2O. The van der Waals surface area contributed by atoms with E-state index >= 15 is 0 Å². The van der Waals surface area contributed by atoms with E-state index < -0.39 is 0 Å². The van der Waals surface area contributed by atoms with Crippen LogP contribution in [-0.2, 0) is 0 Å². The molecule has 1 aliphatic heterocycles. The first-order valence-electron chi connectivity index (χ1n) is 5.81. The summed E-state index contributed by atoms with van der Waals surface area (Å²) in [4.78, 5) is 12.4. The quantitative estimate of drug-likeness (QED) is 0.651. The highest BCUT2D eigenvalue weighted by molar-refractivity contribution is 5.63. The van der Waals surface area contributed by atoms with Crippen LogP contribution in [0.1, 0.15) is 5.56 Å². The third kappa shape index (κ3) is 1.61. The fourth-order valence-corrected chi connectivity index (χ4v) is 2.08. The van der Waals surface area contributed by atoms with Crippen molar-refractivity contribution >= 4 is 0 Å². The van der Waals surface area contributed by atoms with Gasteiger partial charge in [-0.3, -0.25) is 4.79 Å². The Kier molecular flexibility index (Phi) is 2.45. The summed E-state index contributed by atoms with van der Waals surface area (Å²) in [6, 6.07) is 17.1. The third-order valence-electron chi connectivity index (χ3n) is 2.98. The summed E-state index contributed by atoms with van der Waals surface area (Å²) >= 11 is 0. The molecule has 1 aromatic rings. The highest BCUT2D eigenvalue weighted by atomic mass is 16.1. The number of rotatable bonds is 1. The summed E-state index contributed by atoms with van der Waals surface area (Å²) in [6.45, 7) is 1.93. The average molecular weight is 236 g/mol. The van der Waals surface area contributed by atoms with Crippen molar-refractivity contribution in [2.24, 2.45) is 0 Å². The molecule has 0 amide bonds. The smallest absolute Gasteiger partial charge is 0.267 e. The Bertz CT molecular complexity index is 716. The van der Waals surface area contributed by atoms with Gasteiger partial charge in [-0.1, -0.05) is 36.4 Å². The minimum atomic E-state index is -0.0649. The van der Waals surface area contributed by atoms with E-state index in [0.29, 0.717) is 5.56 Å². The lowest BCUT2D eigenvalue weighted by molar-refractivity contribution is 0.857. The number of benzene rings is 1. The summed E-state index contributed by atoms with van der Waals surface area (Å²) in [7, 11) is 0. The lowest BCUT2D eigenvalue weighted by Crippen LogP contribution is -2.14. The molecule has 0 spiro atoms. The van der Waals surface area contributed by atoms with E-state index in [4.69, 9.17) is 0 Å². The predicted octanol–water partition coefficient (Wildman–Crippen LogP) is 2.65. The zero-order chi connectivity index (χ0) is 12.5. The first-order valence-corrected chi connectivity index (χ1v) is 5.81. The second kappa shape index (κ2) is 4.11. The van der Waals surface area contributed by atoms with Crippen molar-refractivity contribution in [3.05, 3.63) is 70.5 Å². The molecule has 0 saturated heterocycles. The molecule has 0 N–H and O–H groups in total. The highest BCUT2D eigenvalue weighted by Gasteiger charge is 2.16. The zero-order valence-corrected chi connectivity index (χ0v) is 10.00. The predicted molar refractivity (Wildman–Crippen MR) is 71.2 cm³/mol. The van der Waals surface area contributed by atoms with Crippen molar-refractivity contribution in [3.63, 3.8) is 0 Å². The fraction of sp³-hybridized carbons (Fsp3) is 0.0667. The lowest BCUT2D eigenvalue weighted by Gasteiger charge is -1.97. The summed E-state index contributed by atoms with van der Waals surface area (Å²) in [5.41, 5.74) is 3.09. The molecule has 0 atom stereocenters. The lowest BCUT2D eigenvalue weighted by atomic mass is 10.1. The molecule has 1 aromatic carbocycles. The van der Waals surface area contributed by atoms with E-state index in [9.17, 15) is 4.79 Å². The van der Waals surface area contributed by atoms with Crippen LogP contribution in [0.15, 0.2) is 59.4 Å². The number of fused-ring (bicyclic) bond motifs is 1. The van der Waals surface area contributed by atoms with Gasteiger partial charge >= 0.3 is 0 Å². The van der Waals surface area contributed by atoms with E-state index in [0.717, 1.165) is 16.9 Å². The largest absolute Gasteiger partial charge is 0.281 e. The fourth-order valence-electron chi connectivity index (χ4n) is 2.08. The first kappa shape index (κ1) is 10.7. The van der Waals surface area contributed by atoms with Crippen LogP contribution in [0.3, 0.4) is 0 Å². The van der Waals surface area contributed by atoms with Crippen LogP contribution < -0.4 is 5.56 Å². The van der Waals surface area contributed by atoms with Gasteiger partial charge in [0, 0.05) is 0 Å². The van der Waals surface area contributed by atoms with E-state index in [1.54, 1.807) is 0 Å². The maximum atomic E-state index is 12.4. The van der Waals surface area contributed by atoms with Crippen molar-refractivity contribution < 1.29 is 0 Å². The maximum Gasteiger partial charge on any atom is 0.281 e. The van der Waals surface area contributed by atoms with Crippen molar-refractivity contribution in [2.75, 3.05) is 0 Å². The minimum absolute atomic E-state index is 0.0649. The maximum absolute atomic E-state index is 12.4. The minimum Gasteiger partial charge on any atom is -0.267 e. The van der Waals surface area contributed by atoms with Crippen LogP contribution in [-0.4, -0.2) is 9.78 Å². The summed E-state index contributed by atoms with van der Waals surface area (Å²) < 4.78 is 1.46. The second-order valence-corrected chi connectivity index (χ2v) is 4.21. The summed E-state index contributed by atoms with van der Waals surface area (Å²) in [6.07, 6.45) is 0. The normalized spacial score (nSPS) is 10.7. The first-order chi connectivity index (χ1) is 8.77. The van der Waals surface area contributed by atoms with E-state index in [2.05, 4.69) is 5.10 Å². The van der Waals surface area contributed by atoms with Gasteiger partial charge in [0.2, 0.25) is 0 Å². The van der Waals surface area contributed by atoms with Crippen molar-refractivity contribution in [3.8, 4) is 16.9 Å². The van der Waals surface area contributed by atoms with Crippen molar-refractivity contribution in [2.45, 2.75) is 6.92 Å². The SMILES string of the molecule is Cc1ccccc2nn(-c3ccccc3)c(=O)c1-2. The standard InChI is InChI=1S/C15H12N2O/c1-11-7-5-6-10-13-14(11)15(18)17(16-13)12-8-3-2-4-9-12/h2-10H,1H3. The van der Waals surface area contributed by atoms with Gasteiger partial charge in [-0.05, 0) is 30.7 Å². The van der Waals surface area contributed by atoms with Crippen molar-refractivity contribution in [1.29, 1.82) is 0 Å². The molecule has 1 aliphatic carbocycles. The molecule has 88 valence electrons. The van der Waals surface area contributed by atoms with Gasteiger partial charge in [0.25, 0.3) is 5.56 Å². The Balaban J connectivity index is 2.35. The van der Waals surface area contributed by atoms with Gasteiger partial charge in [0.1, 0.15) is 0 Å². The molecular weight excluding hydrogens is 224 g/mol. The van der Waals surface area contributed by atoms with Crippen LogP contribution in [0.2, 0.25) is 0 Å². The number of para-hydroxylation sites is 1. The molecule has 0 unspecified atom stereocenters. The molecule has 3 nitrogen and oxygen atoms in total. The van der Waals surface area contributed by atoms with Crippen LogP contribution >= 0.6 is 0 Å². The van der Waals surface area contributed by atoms with Gasteiger partial charge < -0.3 is 0 Å². The van der Waals surface area contributed by atoms with Gasteiger partial charge in [-0.25, -0.2) is 0 Å². The van der Waals surface area contributed by atoms with Crippen LogP contribution in [0.5, 0.6) is 0 Å². The molecule has 2 aliphatic rings. The number of aryl methyl sites for hydroxylation is 1. The number of nitrogens with zero attached hydrogens (tertiary/aromatic N) is 2. The topological polar surface area (TPSA) is 34.9 Å². The summed E-state index contributed by atoms with van der Waals surface area (Å²) in [5, 5.41) is 4.39. The van der Waals surface area contributed by atoms with Gasteiger partial charge in [-0.2, -0.15) is 9.78 Å².